The zero-order chi connectivity index (χ0) is 88.5. The molecule has 0 fully saturated rings. The highest BCUT2D eigenvalue weighted by molar-refractivity contribution is 7.30. The number of amides is 4. The fourth-order valence-corrected chi connectivity index (χ4v) is 25.6. The van der Waals surface area contributed by atoms with E-state index < -0.39 is 29.6 Å². The Kier molecular flexibility index (Phi) is 29.8. The number of carbonyl (C=O) groups excluding carboxylic acids is 5. The average Bonchev–Trinajstić information content (AvgIpc) is 1.67. The van der Waals surface area contributed by atoms with E-state index in [4.69, 9.17) is 14.2 Å². The highest BCUT2D eigenvalue weighted by atomic mass is 32.1. The number of rotatable bonds is 45. The minimum Gasteiger partial charge on any atom is -0.493 e. The van der Waals surface area contributed by atoms with Gasteiger partial charge in [-0.1, -0.05) is 260 Å². The molecule has 10 nitrogen and oxygen atoms in total. The highest BCUT2D eigenvalue weighted by Crippen LogP contribution is 2.55. The first-order valence-electron chi connectivity index (χ1n) is 47.3. The first-order chi connectivity index (χ1) is 61.8. The van der Waals surface area contributed by atoms with Gasteiger partial charge in [0, 0.05) is 110 Å². The topological polar surface area (TPSA) is 120 Å². The van der Waals surface area contributed by atoms with Crippen molar-refractivity contribution in [3.8, 4) is 70.7 Å². The van der Waals surface area contributed by atoms with Crippen LogP contribution in [0.25, 0.3) is 102 Å². The average molecular weight is 1800 g/mol. The number of benzene rings is 8. The lowest BCUT2D eigenvalue weighted by molar-refractivity contribution is 0.0507. The van der Waals surface area contributed by atoms with Crippen LogP contribution in [0.4, 0.5) is 11.4 Å². The molecule has 6 aromatic heterocycles. The lowest BCUT2D eigenvalue weighted by Crippen LogP contribution is -2.42. The van der Waals surface area contributed by atoms with Crippen LogP contribution in [0.15, 0.2) is 164 Å². The summed E-state index contributed by atoms with van der Waals surface area (Å²) in [6.45, 7) is 24.5. The molecular weight excluding hydrogens is 1680 g/mol. The number of hydrogen-bond donors (Lipinski definition) is 0. The van der Waals surface area contributed by atoms with Crippen LogP contribution < -0.4 is 19.3 Å². The van der Waals surface area contributed by atoms with E-state index in [0.717, 1.165) is 114 Å². The standard InChI is InChI=1S/C111H122N2O8S6/c1-12-15-18-21-23-25-27-29-31-34-60-119-74-63-73(64-75(66-74)120-61-35-32-30-28-26-24-22-19-16-13-2)111(118)121-62-59-72-65-86-101-83(107(114)112(109(86)116)105-77(68(4)5)39-36-40-78(105)69(6)7)47-45-82-100-85(67-87-102-84(46-44-81(104(100)102)99(72)103(82)101)108(115)113(110(87)117)106-79(70(8)9)41-37-42-80(106)71(10)11)88-49-50-91(123-88)92-53-54-95(125-92)96-57-58-98(127-96)97-56-55-94(126-97)93-52-51-90(124-93)89-48-43-76(122-89)38-33-20-17-14-3/h36-37,39-58,63-71H,12-35,38,59-62H2,1-11H3. The first-order valence-corrected chi connectivity index (χ1v) is 52.2. The molecule has 14 aromatic rings. The van der Waals surface area contributed by atoms with E-state index in [9.17, 15) is 0 Å². The van der Waals surface area contributed by atoms with Gasteiger partial charge in [0.25, 0.3) is 23.6 Å². The van der Waals surface area contributed by atoms with Gasteiger partial charge in [-0.15, -0.1) is 68.0 Å². The van der Waals surface area contributed by atoms with Crippen LogP contribution in [0.3, 0.4) is 0 Å². The number of hydrogen-bond acceptors (Lipinski definition) is 14. The fraction of sp³-hybridized carbons (Fsp3) is 0.396. The number of para-hydroxylation sites is 2. The van der Waals surface area contributed by atoms with Gasteiger partial charge in [-0.05, 0) is 219 Å². The predicted molar refractivity (Wildman–Crippen MR) is 542 cm³/mol. The van der Waals surface area contributed by atoms with Crippen LogP contribution in [0, 0.1) is 0 Å². The molecule has 0 saturated heterocycles. The molecule has 0 aliphatic carbocycles. The molecule has 0 spiro atoms. The maximum atomic E-state index is 16.5. The van der Waals surface area contributed by atoms with Gasteiger partial charge in [0.1, 0.15) is 11.5 Å². The van der Waals surface area contributed by atoms with Gasteiger partial charge in [0.05, 0.1) is 36.8 Å². The Hall–Kier alpha value is -9.39. The summed E-state index contributed by atoms with van der Waals surface area (Å²) in [5.41, 5.74) is 8.15. The number of unbranched alkanes of at least 4 members (excludes halogenated alkanes) is 21. The van der Waals surface area contributed by atoms with Crippen LogP contribution in [-0.4, -0.2) is 49.4 Å². The maximum Gasteiger partial charge on any atom is 0.338 e. The molecule has 16 rings (SSSR count). The minimum atomic E-state index is -0.543. The van der Waals surface area contributed by atoms with Gasteiger partial charge in [-0.2, -0.15) is 0 Å². The Labute approximate surface area is 775 Å². The number of imide groups is 2. The second kappa shape index (κ2) is 41.6. The maximum absolute atomic E-state index is 16.5. The van der Waals surface area contributed by atoms with Crippen LogP contribution in [0.2, 0.25) is 0 Å². The van der Waals surface area contributed by atoms with Crippen molar-refractivity contribution in [2.75, 3.05) is 29.6 Å². The van der Waals surface area contributed by atoms with Crippen molar-refractivity contribution >= 4 is 152 Å². The van der Waals surface area contributed by atoms with Gasteiger partial charge < -0.3 is 14.2 Å². The summed E-state index contributed by atoms with van der Waals surface area (Å²) in [5, 5.41) is 5.55. The molecule has 0 saturated carbocycles. The largest absolute Gasteiger partial charge is 0.493 e. The van der Waals surface area contributed by atoms with Crippen molar-refractivity contribution in [2.45, 2.75) is 267 Å². The number of thiophene rings is 6. The summed E-state index contributed by atoms with van der Waals surface area (Å²) in [4.78, 5) is 97.7. The molecule has 2 aliphatic heterocycles. The van der Waals surface area contributed by atoms with Gasteiger partial charge in [-0.3, -0.25) is 19.2 Å². The zero-order valence-corrected chi connectivity index (χ0v) is 80.9. The van der Waals surface area contributed by atoms with Crippen molar-refractivity contribution in [1.82, 2.24) is 0 Å². The molecule has 0 bridgehead atoms. The van der Waals surface area contributed by atoms with E-state index in [-0.39, 0.29) is 36.7 Å². The number of ether oxygens (including phenoxy) is 3. The molecule has 4 amide bonds. The van der Waals surface area contributed by atoms with Crippen LogP contribution in [-0.2, 0) is 17.6 Å². The fourth-order valence-electron chi connectivity index (χ4n) is 19.0. The normalized spacial score (nSPS) is 13.0. The number of esters is 1. The third kappa shape index (κ3) is 19.5. The second-order valence-electron chi connectivity index (χ2n) is 36.2. The molecule has 8 heterocycles. The van der Waals surface area contributed by atoms with Crippen LogP contribution in [0.5, 0.6) is 11.5 Å². The van der Waals surface area contributed by atoms with Crippen molar-refractivity contribution < 1.29 is 38.2 Å². The van der Waals surface area contributed by atoms with E-state index in [1.54, 1.807) is 34.8 Å². The molecular formula is C111H122N2O8S6. The molecule has 0 unspecified atom stereocenters. The lowest BCUT2D eigenvalue weighted by Gasteiger charge is -2.34. The second-order valence-corrected chi connectivity index (χ2v) is 42.8. The third-order valence-corrected chi connectivity index (χ3v) is 33.3. The predicted octanol–water partition coefficient (Wildman–Crippen LogP) is 34.3. The summed E-state index contributed by atoms with van der Waals surface area (Å²) < 4.78 is 19.5. The Morgan fingerprint density at radius 3 is 1.05 bits per heavy atom. The molecule has 8 aromatic carbocycles. The van der Waals surface area contributed by atoms with E-state index in [2.05, 4.69) is 149 Å². The number of carbonyl (C=O) groups is 5. The third-order valence-electron chi connectivity index (χ3n) is 25.8. The number of anilines is 2. The van der Waals surface area contributed by atoms with E-state index in [1.807, 2.05) is 124 Å². The van der Waals surface area contributed by atoms with Gasteiger partial charge in [-0.25, -0.2) is 14.6 Å². The smallest absolute Gasteiger partial charge is 0.338 e. The summed E-state index contributed by atoms with van der Waals surface area (Å²) >= 11 is 10.9. The number of aryl methyl sites for hydroxylation is 1. The molecule has 0 N–H and O–H groups in total. The SMILES string of the molecule is CCCCCCCCCCCCOc1cc(OCCCCCCCCCCCC)cc(C(=O)OCCc2cc3c4c(ccc5c6c(-c7ccc(-c8ccc(-c9ccc(-c%10ccc(-c%11ccc(-c%12ccc(CCCCCC)s%12)s%11)s%10)s9)s8)s7)cc7c8c(ccc(c2c45)c86)C(=O)N(c2c(C(C)C)cccc2C(C)C)C7=O)C(=O)N(c2c(C(C)C)cccc2C(C)C)C3=O)c1. The quantitative estimate of drug-likeness (QED) is 0.0122. The van der Waals surface area contributed by atoms with Crippen LogP contribution in [0.1, 0.15) is 338 Å². The summed E-state index contributed by atoms with van der Waals surface area (Å²) in [6, 6.07) is 56.4. The highest BCUT2D eigenvalue weighted by Gasteiger charge is 2.43. The molecule has 16 heteroatoms. The van der Waals surface area contributed by atoms with Gasteiger partial charge in [0.2, 0.25) is 0 Å². The molecule has 2 aliphatic rings. The Bertz CT molecular complexity index is 6190. The Balaban J connectivity index is 0.776. The minimum absolute atomic E-state index is 0.0237. The molecule has 127 heavy (non-hydrogen) atoms. The Morgan fingerprint density at radius 1 is 0.299 bits per heavy atom. The van der Waals surface area contributed by atoms with E-state index >= 15 is 24.0 Å². The van der Waals surface area contributed by atoms with Gasteiger partial charge >= 0.3 is 5.97 Å². The van der Waals surface area contributed by atoms with Crippen LogP contribution >= 0.6 is 68.0 Å². The van der Waals surface area contributed by atoms with E-state index in [0.29, 0.717) is 85.6 Å². The Morgan fingerprint density at radius 2 is 0.638 bits per heavy atom. The van der Waals surface area contributed by atoms with Crippen molar-refractivity contribution in [1.29, 1.82) is 0 Å². The molecule has 660 valence electrons. The number of nitrogens with zero attached hydrogens (tertiary/aromatic N) is 2. The van der Waals surface area contributed by atoms with Crippen molar-refractivity contribution in [2.24, 2.45) is 0 Å². The lowest BCUT2D eigenvalue weighted by atomic mass is 9.78. The van der Waals surface area contributed by atoms with Gasteiger partial charge in [0.15, 0.2) is 0 Å². The van der Waals surface area contributed by atoms with Crippen molar-refractivity contribution in [3.05, 3.63) is 224 Å². The molecule has 0 atom stereocenters. The van der Waals surface area contributed by atoms with E-state index in [1.165, 1.54) is 169 Å². The first kappa shape index (κ1) is 90.9. The summed E-state index contributed by atoms with van der Waals surface area (Å²) in [7, 11) is 0. The van der Waals surface area contributed by atoms with Crippen molar-refractivity contribution in [3.63, 3.8) is 0 Å². The molecule has 0 radical (unpaired) electrons. The summed E-state index contributed by atoms with van der Waals surface area (Å²) in [6.07, 6.45) is 30.5. The number of fused-ring (bicyclic) bond motifs is 2. The zero-order valence-electron chi connectivity index (χ0n) is 76.0. The monoisotopic (exact) mass is 1800 g/mol. The summed E-state index contributed by atoms with van der Waals surface area (Å²) in [5.74, 6) is -1.24.